The largest absolute Gasteiger partial charge is 0.454 e. The Morgan fingerprint density at radius 2 is 1.88 bits per heavy atom. The molecular formula is C22H22F2N6O2S. The van der Waals surface area contributed by atoms with Crippen LogP contribution in [0.5, 0.6) is 11.5 Å². The first kappa shape index (κ1) is 22.5. The van der Waals surface area contributed by atoms with Gasteiger partial charge in [0.05, 0.1) is 6.04 Å². The van der Waals surface area contributed by atoms with Crippen molar-refractivity contribution >= 4 is 29.1 Å². The van der Waals surface area contributed by atoms with Gasteiger partial charge in [-0.25, -0.2) is 13.5 Å². The summed E-state index contributed by atoms with van der Waals surface area (Å²) in [6, 6.07) is 9.37. The van der Waals surface area contributed by atoms with Gasteiger partial charge in [0.2, 0.25) is 0 Å². The predicted octanol–water partition coefficient (Wildman–Crippen LogP) is 3.18. The van der Waals surface area contributed by atoms with E-state index in [1.807, 2.05) is 4.90 Å². The van der Waals surface area contributed by atoms with E-state index in [0.717, 1.165) is 31.5 Å². The Morgan fingerprint density at radius 1 is 1.15 bits per heavy atom. The zero-order valence-corrected chi connectivity index (χ0v) is 18.3. The molecule has 2 heterocycles. The third-order valence-corrected chi connectivity index (χ3v) is 5.76. The number of halogens is 2. The summed E-state index contributed by atoms with van der Waals surface area (Å²) < 4.78 is 34.0. The van der Waals surface area contributed by atoms with Crippen molar-refractivity contribution in [3.8, 4) is 22.8 Å². The summed E-state index contributed by atoms with van der Waals surface area (Å²) in [4.78, 5) is 14.1. The van der Waals surface area contributed by atoms with Crippen LogP contribution in [0.4, 0.5) is 14.6 Å². The van der Waals surface area contributed by atoms with Crippen LogP contribution < -0.4 is 21.9 Å². The molecule has 4 rings (SSSR count). The minimum Gasteiger partial charge on any atom is -0.454 e. The van der Waals surface area contributed by atoms with E-state index in [4.69, 9.17) is 34.2 Å². The lowest BCUT2D eigenvalue weighted by molar-refractivity contribution is 0.100. The van der Waals surface area contributed by atoms with Crippen molar-refractivity contribution in [3.05, 3.63) is 59.7 Å². The summed E-state index contributed by atoms with van der Waals surface area (Å²) in [5.74, 6) is -1.85. The quantitative estimate of drug-likeness (QED) is 0.487. The standard InChI is InChI=1S/C22H22F2N6O2S/c23-13-5-8-17(16(24)10-13)32-15-6-3-12(4-7-15)19-18(21(26)31)20(25)30(28-19)14-2-1-9-29(11-14)22(27)33/h3-8,10,14H,1-2,9,11,25H2,(H2,26,31)(H2,27,33)/t14-/m1/s1. The van der Waals surface area contributed by atoms with Crippen molar-refractivity contribution in [2.24, 2.45) is 11.5 Å². The first-order valence-corrected chi connectivity index (χ1v) is 10.6. The molecule has 0 unspecified atom stereocenters. The van der Waals surface area contributed by atoms with Crippen molar-refractivity contribution in [3.63, 3.8) is 0 Å². The third kappa shape index (κ3) is 4.58. The highest BCUT2D eigenvalue weighted by atomic mass is 32.1. The van der Waals surface area contributed by atoms with E-state index in [1.165, 1.54) is 6.07 Å². The number of hydrogen-bond donors (Lipinski definition) is 3. The molecule has 8 nitrogen and oxygen atoms in total. The number of nitrogen functional groups attached to an aromatic ring is 1. The first-order chi connectivity index (χ1) is 15.7. The van der Waals surface area contributed by atoms with E-state index in [2.05, 4.69) is 5.10 Å². The Labute approximate surface area is 193 Å². The van der Waals surface area contributed by atoms with Crippen molar-refractivity contribution < 1.29 is 18.3 Å². The summed E-state index contributed by atoms with van der Waals surface area (Å²) in [5, 5.41) is 4.89. The monoisotopic (exact) mass is 472 g/mol. The summed E-state index contributed by atoms with van der Waals surface area (Å²) in [6.07, 6.45) is 1.63. The number of piperidine rings is 1. The molecule has 1 fully saturated rings. The molecule has 11 heteroatoms. The van der Waals surface area contributed by atoms with Crippen LogP contribution in [0.15, 0.2) is 42.5 Å². The lowest BCUT2D eigenvalue weighted by atomic mass is 10.1. The molecule has 3 aromatic rings. The van der Waals surface area contributed by atoms with Crippen LogP contribution in [-0.4, -0.2) is 38.8 Å². The van der Waals surface area contributed by atoms with E-state index in [1.54, 1.807) is 28.9 Å². The molecule has 1 aliphatic rings. The molecule has 0 radical (unpaired) electrons. The number of nitrogens with two attached hydrogens (primary N) is 3. The van der Waals surface area contributed by atoms with E-state index < -0.39 is 17.5 Å². The molecule has 6 N–H and O–H groups in total. The van der Waals surface area contributed by atoms with Crippen LogP contribution in [0.2, 0.25) is 0 Å². The molecule has 1 aromatic heterocycles. The highest BCUT2D eigenvalue weighted by molar-refractivity contribution is 7.80. The van der Waals surface area contributed by atoms with E-state index in [9.17, 15) is 13.6 Å². The van der Waals surface area contributed by atoms with Crippen molar-refractivity contribution in [2.75, 3.05) is 18.8 Å². The molecule has 0 bridgehead atoms. The maximum absolute atomic E-state index is 13.9. The van der Waals surface area contributed by atoms with Crippen molar-refractivity contribution in [1.82, 2.24) is 14.7 Å². The zero-order chi connectivity index (χ0) is 23.7. The van der Waals surface area contributed by atoms with Gasteiger partial charge in [-0.3, -0.25) is 4.79 Å². The van der Waals surface area contributed by atoms with Crippen LogP contribution in [0.1, 0.15) is 29.2 Å². The van der Waals surface area contributed by atoms with Gasteiger partial charge < -0.3 is 26.8 Å². The van der Waals surface area contributed by atoms with E-state index in [-0.39, 0.29) is 23.2 Å². The topological polar surface area (TPSA) is 125 Å². The van der Waals surface area contributed by atoms with Crippen LogP contribution in [0, 0.1) is 11.6 Å². The fourth-order valence-corrected chi connectivity index (χ4v) is 4.06. The second-order valence-corrected chi connectivity index (χ2v) is 8.12. The van der Waals surface area contributed by atoms with Crippen LogP contribution >= 0.6 is 12.2 Å². The summed E-state index contributed by atoms with van der Waals surface area (Å²) >= 11 is 5.09. The lowest BCUT2D eigenvalue weighted by Gasteiger charge is -2.33. The van der Waals surface area contributed by atoms with Crippen molar-refractivity contribution in [2.45, 2.75) is 18.9 Å². The molecule has 0 spiro atoms. The molecule has 1 atom stereocenters. The average Bonchev–Trinajstić information content (AvgIpc) is 3.13. The number of nitrogens with zero attached hydrogens (tertiary/aromatic N) is 3. The predicted molar refractivity (Wildman–Crippen MR) is 124 cm³/mol. The molecular weight excluding hydrogens is 450 g/mol. The summed E-state index contributed by atoms with van der Waals surface area (Å²) in [5.41, 5.74) is 18.7. The Morgan fingerprint density at radius 3 is 2.52 bits per heavy atom. The van der Waals surface area contributed by atoms with Gasteiger partial charge in [0, 0.05) is 24.7 Å². The van der Waals surface area contributed by atoms with E-state index in [0.29, 0.717) is 28.7 Å². The second kappa shape index (κ2) is 9.02. The van der Waals surface area contributed by atoms with Crippen molar-refractivity contribution in [1.29, 1.82) is 0 Å². The number of anilines is 1. The lowest BCUT2D eigenvalue weighted by Crippen LogP contribution is -2.43. The Kier molecular flexibility index (Phi) is 6.14. The SMILES string of the molecule is NC(=O)c1c(-c2ccc(Oc3ccc(F)cc3F)cc2)nn([C@@H]2CCCN(C(N)=S)C2)c1N. The fraction of sp³-hybridized carbons (Fsp3) is 0.227. The maximum Gasteiger partial charge on any atom is 0.254 e. The first-order valence-electron chi connectivity index (χ1n) is 10.2. The number of carbonyl (C=O) groups is 1. The minimum atomic E-state index is -0.819. The molecule has 0 saturated carbocycles. The number of likely N-dealkylation sites (tertiary alicyclic amines) is 1. The maximum atomic E-state index is 13.9. The van der Waals surface area contributed by atoms with Crippen LogP contribution in [0.25, 0.3) is 11.3 Å². The summed E-state index contributed by atoms with van der Waals surface area (Å²) in [7, 11) is 0. The van der Waals surface area contributed by atoms with Gasteiger partial charge in [-0.05, 0) is 61.5 Å². The molecule has 0 aliphatic carbocycles. The molecule has 1 saturated heterocycles. The van der Waals surface area contributed by atoms with Gasteiger partial charge in [-0.2, -0.15) is 5.10 Å². The normalized spacial score (nSPS) is 15.9. The van der Waals surface area contributed by atoms with Gasteiger partial charge in [0.15, 0.2) is 16.7 Å². The number of carbonyl (C=O) groups excluding carboxylic acids is 1. The van der Waals surface area contributed by atoms with Gasteiger partial charge in [-0.15, -0.1) is 0 Å². The van der Waals surface area contributed by atoms with Crippen LogP contribution in [0.3, 0.4) is 0 Å². The number of ether oxygens (including phenoxy) is 1. The van der Waals surface area contributed by atoms with Gasteiger partial charge in [0.1, 0.15) is 28.6 Å². The highest BCUT2D eigenvalue weighted by Crippen LogP contribution is 2.33. The number of benzene rings is 2. The molecule has 172 valence electrons. The third-order valence-electron chi connectivity index (χ3n) is 5.50. The molecule has 2 aromatic carbocycles. The number of thiocarbonyl (C=S) groups is 1. The van der Waals surface area contributed by atoms with Gasteiger partial charge in [-0.1, -0.05) is 0 Å². The number of rotatable bonds is 5. The number of amides is 1. The minimum absolute atomic E-state index is 0.112. The molecule has 1 amide bonds. The Balaban J connectivity index is 1.63. The Hall–Kier alpha value is -3.73. The van der Waals surface area contributed by atoms with Crippen LogP contribution in [-0.2, 0) is 0 Å². The molecule has 1 aliphatic heterocycles. The number of aromatic nitrogens is 2. The van der Waals surface area contributed by atoms with E-state index >= 15 is 0 Å². The highest BCUT2D eigenvalue weighted by Gasteiger charge is 2.29. The zero-order valence-electron chi connectivity index (χ0n) is 17.5. The second-order valence-electron chi connectivity index (χ2n) is 7.70. The summed E-state index contributed by atoms with van der Waals surface area (Å²) in [6.45, 7) is 1.27. The van der Waals surface area contributed by atoms with Gasteiger partial charge >= 0.3 is 0 Å². The number of hydrogen-bond acceptors (Lipinski definition) is 5. The molecule has 33 heavy (non-hydrogen) atoms. The fourth-order valence-electron chi connectivity index (χ4n) is 3.89. The number of primary amides is 1. The van der Waals surface area contributed by atoms with Gasteiger partial charge in [0.25, 0.3) is 5.91 Å². The Bertz CT molecular complexity index is 1210. The average molecular weight is 473 g/mol. The smallest absolute Gasteiger partial charge is 0.254 e.